The molecule has 0 radical (unpaired) electrons. The summed E-state index contributed by atoms with van der Waals surface area (Å²) in [6.45, 7) is 4.39. The largest absolute Gasteiger partial charge is 0.379 e. The second-order valence-corrected chi connectivity index (χ2v) is 12.0. The topological polar surface area (TPSA) is 79.8 Å². The molecule has 0 spiro atoms. The maximum Gasteiger partial charge on any atom is 0.229 e. The number of hydrogen-bond donors (Lipinski definition) is 0. The SMILES string of the molecule is CS(=O)(=O)c1ccc2nc(N(CCN3CCOCC3)C(=O)CCSc3ccccc3)sc2c1.Cl. The van der Waals surface area contributed by atoms with Crippen LogP contribution in [0.5, 0.6) is 0 Å². The first-order valence-electron chi connectivity index (χ1n) is 10.8. The highest BCUT2D eigenvalue weighted by atomic mass is 35.5. The number of carbonyl (C=O) groups excluding carboxylic acids is 1. The molecule has 1 aliphatic heterocycles. The van der Waals surface area contributed by atoms with Crippen LogP contribution in [0.2, 0.25) is 0 Å². The van der Waals surface area contributed by atoms with Crippen LogP contribution in [0.1, 0.15) is 6.42 Å². The molecule has 1 amide bonds. The lowest BCUT2D eigenvalue weighted by molar-refractivity contribution is -0.118. The Labute approximate surface area is 214 Å². The number of fused-ring (bicyclic) bond motifs is 1. The summed E-state index contributed by atoms with van der Waals surface area (Å²) in [6, 6.07) is 15.0. The van der Waals surface area contributed by atoms with E-state index in [-0.39, 0.29) is 23.2 Å². The smallest absolute Gasteiger partial charge is 0.229 e. The number of carbonyl (C=O) groups is 1. The van der Waals surface area contributed by atoms with E-state index in [1.807, 2.05) is 30.3 Å². The minimum Gasteiger partial charge on any atom is -0.379 e. The number of rotatable bonds is 9. The number of ether oxygens (including phenoxy) is 1. The molecule has 0 bridgehead atoms. The van der Waals surface area contributed by atoms with Gasteiger partial charge in [-0.2, -0.15) is 0 Å². The van der Waals surface area contributed by atoms with Gasteiger partial charge in [0.1, 0.15) is 0 Å². The van der Waals surface area contributed by atoms with Crippen LogP contribution < -0.4 is 4.90 Å². The first kappa shape index (κ1) is 26.9. The van der Waals surface area contributed by atoms with Crippen molar-refractivity contribution in [3.05, 3.63) is 48.5 Å². The second kappa shape index (κ2) is 12.3. The highest BCUT2D eigenvalue weighted by Gasteiger charge is 2.22. The molecule has 184 valence electrons. The van der Waals surface area contributed by atoms with Crippen molar-refractivity contribution in [2.75, 3.05) is 56.3 Å². The number of aromatic nitrogens is 1. The van der Waals surface area contributed by atoms with E-state index in [1.54, 1.807) is 34.9 Å². The van der Waals surface area contributed by atoms with Crippen molar-refractivity contribution < 1.29 is 17.9 Å². The van der Waals surface area contributed by atoms with E-state index in [4.69, 9.17) is 4.74 Å². The first-order valence-corrected chi connectivity index (χ1v) is 14.5. The van der Waals surface area contributed by atoms with Crippen molar-refractivity contribution in [3.63, 3.8) is 0 Å². The molecule has 1 saturated heterocycles. The number of thiazole rings is 1. The Morgan fingerprint density at radius 1 is 1.18 bits per heavy atom. The number of anilines is 1. The summed E-state index contributed by atoms with van der Waals surface area (Å²) in [6.07, 6.45) is 1.59. The monoisotopic (exact) mass is 541 g/mol. The molecule has 2 heterocycles. The predicted molar refractivity (Wildman–Crippen MR) is 141 cm³/mol. The molecule has 7 nitrogen and oxygen atoms in total. The highest BCUT2D eigenvalue weighted by Crippen LogP contribution is 2.31. The third-order valence-electron chi connectivity index (χ3n) is 5.38. The molecule has 0 saturated carbocycles. The van der Waals surface area contributed by atoms with Gasteiger partial charge in [-0.15, -0.1) is 24.2 Å². The lowest BCUT2D eigenvalue weighted by Gasteiger charge is -2.29. The number of thioether (sulfide) groups is 1. The Bertz CT molecular complexity index is 1200. The van der Waals surface area contributed by atoms with Crippen LogP contribution in [0.4, 0.5) is 5.13 Å². The highest BCUT2D eigenvalue weighted by molar-refractivity contribution is 7.99. The van der Waals surface area contributed by atoms with Crippen molar-refractivity contribution >= 4 is 66.6 Å². The fourth-order valence-corrected chi connectivity index (χ4v) is 6.17. The van der Waals surface area contributed by atoms with Gasteiger partial charge in [0.2, 0.25) is 5.91 Å². The van der Waals surface area contributed by atoms with Gasteiger partial charge >= 0.3 is 0 Å². The summed E-state index contributed by atoms with van der Waals surface area (Å²) in [5, 5.41) is 0.610. The van der Waals surface area contributed by atoms with Crippen LogP contribution >= 0.6 is 35.5 Å². The van der Waals surface area contributed by atoms with Gasteiger partial charge < -0.3 is 4.74 Å². The van der Waals surface area contributed by atoms with Crippen molar-refractivity contribution in [1.29, 1.82) is 0 Å². The molecule has 0 unspecified atom stereocenters. The molecule has 1 aromatic heterocycles. The fourth-order valence-electron chi connectivity index (χ4n) is 3.54. The molecule has 4 rings (SSSR count). The quantitative estimate of drug-likeness (QED) is 0.379. The molecule has 1 aliphatic rings. The van der Waals surface area contributed by atoms with Gasteiger partial charge in [0.15, 0.2) is 15.0 Å². The molecule has 1 fully saturated rings. The van der Waals surface area contributed by atoms with Crippen molar-refractivity contribution in [2.24, 2.45) is 0 Å². The van der Waals surface area contributed by atoms with Crippen molar-refractivity contribution in [3.8, 4) is 0 Å². The number of amides is 1. The van der Waals surface area contributed by atoms with Gasteiger partial charge in [-0.3, -0.25) is 14.6 Å². The number of benzene rings is 2. The number of halogens is 1. The first-order chi connectivity index (χ1) is 15.9. The summed E-state index contributed by atoms with van der Waals surface area (Å²) in [4.78, 5) is 23.4. The zero-order valence-corrected chi connectivity index (χ0v) is 22.1. The van der Waals surface area contributed by atoms with Gasteiger partial charge in [0, 0.05) is 49.5 Å². The Hall–Kier alpha value is -1.69. The Morgan fingerprint density at radius 3 is 2.62 bits per heavy atom. The van der Waals surface area contributed by atoms with Gasteiger partial charge in [0.05, 0.1) is 28.3 Å². The van der Waals surface area contributed by atoms with Crippen LogP contribution in [0.15, 0.2) is 58.3 Å². The molecular weight excluding hydrogens is 514 g/mol. The molecule has 0 N–H and O–H groups in total. The maximum absolute atomic E-state index is 13.2. The van der Waals surface area contributed by atoms with E-state index in [1.165, 1.54) is 17.6 Å². The van der Waals surface area contributed by atoms with Crippen molar-refractivity contribution in [2.45, 2.75) is 16.2 Å². The van der Waals surface area contributed by atoms with E-state index in [9.17, 15) is 13.2 Å². The van der Waals surface area contributed by atoms with Gasteiger partial charge in [-0.25, -0.2) is 13.4 Å². The summed E-state index contributed by atoms with van der Waals surface area (Å²) in [5.41, 5.74) is 0.699. The average molecular weight is 542 g/mol. The van der Waals surface area contributed by atoms with Crippen LogP contribution in [-0.2, 0) is 19.4 Å². The summed E-state index contributed by atoms with van der Waals surface area (Å²) in [5.74, 6) is 0.703. The molecule has 3 aromatic rings. The molecule has 2 aromatic carbocycles. The standard InChI is InChI=1S/C23H27N3O4S3.ClH/c1-33(28,29)19-7-8-20-21(17-19)32-23(24-20)26(11-10-25-12-14-30-15-13-25)22(27)9-16-31-18-5-3-2-4-6-18;/h2-8,17H,9-16H2,1H3;1H. The van der Waals surface area contributed by atoms with Crippen LogP contribution in [0.25, 0.3) is 10.2 Å². The Morgan fingerprint density at radius 2 is 1.91 bits per heavy atom. The zero-order valence-electron chi connectivity index (χ0n) is 18.9. The summed E-state index contributed by atoms with van der Waals surface area (Å²) >= 11 is 3.02. The van der Waals surface area contributed by atoms with Gasteiger partial charge in [-0.05, 0) is 30.3 Å². The van der Waals surface area contributed by atoms with Crippen molar-refractivity contribution in [1.82, 2.24) is 9.88 Å². The lowest BCUT2D eigenvalue weighted by Crippen LogP contribution is -2.43. The van der Waals surface area contributed by atoms with Gasteiger partial charge in [-0.1, -0.05) is 29.5 Å². The third kappa shape index (κ3) is 7.16. The lowest BCUT2D eigenvalue weighted by atomic mass is 10.3. The maximum atomic E-state index is 13.2. The molecule has 0 atom stereocenters. The van der Waals surface area contributed by atoms with Crippen LogP contribution in [0, 0.1) is 0 Å². The fraction of sp³-hybridized carbons (Fsp3) is 0.391. The predicted octanol–water partition coefficient (Wildman–Crippen LogP) is 3.97. The number of hydrogen-bond acceptors (Lipinski definition) is 8. The van der Waals surface area contributed by atoms with Crippen LogP contribution in [0.3, 0.4) is 0 Å². The average Bonchev–Trinajstić information content (AvgIpc) is 3.23. The second-order valence-electron chi connectivity index (χ2n) is 7.81. The van der Waals surface area contributed by atoms with E-state index < -0.39 is 9.84 Å². The zero-order chi connectivity index (χ0) is 23.3. The number of morpholine rings is 1. The number of sulfone groups is 1. The molecule has 0 aliphatic carbocycles. The van der Waals surface area contributed by atoms with E-state index in [0.717, 1.165) is 29.2 Å². The molecule has 34 heavy (non-hydrogen) atoms. The van der Waals surface area contributed by atoms with E-state index >= 15 is 0 Å². The Kier molecular flexibility index (Phi) is 9.75. The summed E-state index contributed by atoms with van der Waals surface area (Å²) < 4.78 is 30.1. The minimum absolute atomic E-state index is 0. The van der Waals surface area contributed by atoms with Crippen LogP contribution in [-0.4, -0.2) is 75.6 Å². The normalized spacial score (nSPS) is 14.6. The summed E-state index contributed by atoms with van der Waals surface area (Å²) in [7, 11) is -3.31. The Balaban J connectivity index is 0.00000324. The molecule has 11 heteroatoms. The van der Waals surface area contributed by atoms with E-state index in [2.05, 4.69) is 9.88 Å². The van der Waals surface area contributed by atoms with E-state index in [0.29, 0.717) is 42.6 Å². The van der Waals surface area contributed by atoms with Gasteiger partial charge in [0.25, 0.3) is 0 Å². The minimum atomic E-state index is -3.31. The molecular formula is C23H28ClN3O4S3. The third-order valence-corrected chi connectivity index (χ3v) is 8.55. The number of nitrogens with zero attached hydrogens (tertiary/aromatic N) is 3.